The van der Waals surface area contributed by atoms with Gasteiger partial charge in [-0.1, -0.05) is 25.1 Å². The van der Waals surface area contributed by atoms with Crippen molar-refractivity contribution in [1.82, 2.24) is 25.2 Å². The SMILES string of the molecule is CCc1cccc2cc(O)cc(-c3ncc4c5nc(nc4c3F)OC[C@]34CCCN3C[C@@H](C4)OCCCOC[C@@]34CC[C@@H](CN5C3)N4)c12. The summed E-state index contributed by atoms with van der Waals surface area (Å²) >= 11 is 0. The molecule has 0 aliphatic carbocycles. The summed E-state index contributed by atoms with van der Waals surface area (Å²) in [6.07, 6.45) is 8.52. The predicted octanol–water partition coefficient (Wildman–Crippen LogP) is 4.99. The van der Waals surface area contributed by atoms with Gasteiger partial charge in [0.25, 0.3) is 0 Å². The number of hydrogen-bond acceptors (Lipinski definition) is 10. The van der Waals surface area contributed by atoms with Crippen LogP contribution in [0.4, 0.5) is 10.2 Å². The Morgan fingerprint density at radius 1 is 1.10 bits per heavy atom. The Balaban J connectivity index is 1.19. The number of aromatic nitrogens is 3. The molecule has 5 aliphatic rings. The van der Waals surface area contributed by atoms with Gasteiger partial charge in [0.15, 0.2) is 5.82 Å². The lowest BCUT2D eigenvalue weighted by molar-refractivity contribution is 0.0239. The van der Waals surface area contributed by atoms with Crippen LogP contribution in [0.3, 0.4) is 0 Å². The number of rotatable bonds is 2. The van der Waals surface area contributed by atoms with E-state index < -0.39 is 5.82 Å². The van der Waals surface area contributed by atoms with E-state index in [1.54, 1.807) is 18.3 Å². The van der Waals surface area contributed by atoms with E-state index in [2.05, 4.69) is 22.0 Å². The highest BCUT2D eigenvalue weighted by Crippen LogP contribution is 2.42. The van der Waals surface area contributed by atoms with Crippen molar-refractivity contribution in [3.8, 4) is 23.0 Å². The number of aryl methyl sites for hydroxylation is 1. The highest BCUT2D eigenvalue weighted by molar-refractivity contribution is 6.01. The van der Waals surface area contributed by atoms with Gasteiger partial charge >= 0.3 is 6.01 Å². The first kappa shape index (κ1) is 30.4. The largest absolute Gasteiger partial charge is 0.508 e. The summed E-state index contributed by atoms with van der Waals surface area (Å²) in [5, 5.41) is 16.8. The van der Waals surface area contributed by atoms with Gasteiger partial charge in [-0.2, -0.15) is 9.97 Å². The van der Waals surface area contributed by atoms with Crippen LogP contribution in [-0.4, -0.2) is 101 Å². The Kier molecular flexibility index (Phi) is 7.45. The molecule has 2 spiro atoms. The Bertz CT molecular complexity index is 1890. The molecule has 252 valence electrons. The van der Waals surface area contributed by atoms with E-state index in [4.69, 9.17) is 29.2 Å². The van der Waals surface area contributed by atoms with Crippen molar-refractivity contribution in [1.29, 1.82) is 0 Å². The second-order valence-electron chi connectivity index (χ2n) is 14.6. The number of aromatic hydroxyl groups is 1. The monoisotopic (exact) mass is 654 g/mol. The molecular formula is C37H43FN6O4. The van der Waals surface area contributed by atoms with Gasteiger partial charge in [0, 0.05) is 50.7 Å². The van der Waals surface area contributed by atoms with Gasteiger partial charge in [-0.3, -0.25) is 9.88 Å². The van der Waals surface area contributed by atoms with Gasteiger partial charge in [-0.05, 0) is 80.0 Å². The summed E-state index contributed by atoms with van der Waals surface area (Å²) in [5.41, 5.74) is 1.56. The lowest BCUT2D eigenvalue weighted by Gasteiger charge is -2.42. The maximum absolute atomic E-state index is 17.1. The number of anilines is 1. The molecule has 11 heteroatoms. The number of fused-ring (bicyclic) bond motifs is 9. The molecular weight excluding hydrogens is 611 g/mol. The van der Waals surface area contributed by atoms with Crippen LogP contribution in [0, 0.1) is 5.82 Å². The van der Waals surface area contributed by atoms with E-state index >= 15 is 4.39 Å². The highest BCUT2D eigenvalue weighted by atomic mass is 19.1. The number of pyridine rings is 1. The molecule has 0 amide bonds. The fourth-order valence-corrected chi connectivity index (χ4v) is 9.25. The van der Waals surface area contributed by atoms with E-state index in [-0.39, 0.29) is 46.2 Å². The lowest BCUT2D eigenvalue weighted by atomic mass is 9.94. The Morgan fingerprint density at radius 3 is 2.96 bits per heavy atom. The fourth-order valence-electron chi connectivity index (χ4n) is 9.25. The zero-order chi connectivity index (χ0) is 32.5. The van der Waals surface area contributed by atoms with Crippen molar-refractivity contribution < 1.29 is 23.7 Å². The topological polar surface area (TPSA) is 105 Å². The van der Waals surface area contributed by atoms with Crippen LogP contribution in [0.5, 0.6) is 11.8 Å². The molecule has 4 saturated heterocycles. The van der Waals surface area contributed by atoms with Gasteiger partial charge in [-0.25, -0.2) is 4.39 Å². The number of ether oxygens (including phenoxy) is 3. The number of phenolic OH excluding ortho intramolecular Hbond substituents is 1. The van der Waals surface area contributed by atoms with E-state index in [1.165, 1.54) is 0 Å². The van der Waals surface area contributed by atoms with Gasteiger partial charge in [0.1, 0.15) is 29.4 Å². The molecule has 7 bridgehead atoms. The Hall–Kier alpha value is -3.64. The number of halogens is 1. The molecule has 7 heterocycles. The number of benzene rings is 2. The number of nitrogens with zero attached hydrogens (tertiary/aromatic N) is 5. The van der Waals surface area contributed by atoms with E-state index in [9.17, 15) is 5.11 Å². The van der Waals surface area contributed by atoms with E-state index in [0.717, 1.165) is 80.9 Å². The molecule has 5 aliphatic heterocycles. The molecule has 2 N–H and O–H groups in total. The third-order valence-corrected chi connectivity index (χ3v) is 11.5. The molecule has 4 atom stereocenters. The molecule has 4 fully saturated rings. The quantitative estimate of drug-likeness (QED) is 0.308. The van der Waals surface area contributed by atoms with Crippen LogP contribution in [0.15, 0.2) is 36.5 Å². The molecule has 0 radical (unpaired) electrons. The van der Waals surface area contributed by atoms with Crippen LogP contribution in [0.2, 0.25) is 0 Å². The fraction of sp³-hybridized carbons (Fsp3) is 0.541. The molecule has 48 heavy (non-hydrogen) atoms. The molecule has 2 aromatic carbocycles. The normalized spacial score (nSPS) is 29.2. The number of hydrogen-bond donors (Lipinski definition) is 2. The lowest BCUT2D eigenvalue weighted by Crippen LogP contribution is -2.62. The summed E-state index contributed by atoms with van der Waals surface area (Å²) in [4.78, 5) is 19.3. The third-order valence-electron chi connectivity index (χ3n) is 11.5. The van der Waals surface area contributed by atoms with Crippen LogP contribution < -0.4 is 15.0 Å². The van der Waals surface area contributed by atoms with Gasteiger partial charge in [0.05, 0.1) is 29.2 Å². The van der Waals surface area contributed by atoms with Crippen molar-refractivity contribution in [3.05, 3.63) is 47.9 Å². The van der Waals surface area contributed by atoms with E-state index in [0.29, 0.717) is 49.7 Å². The van der Waals surface area contributed by atoms with Crippen molar-refractivity contribution in [3.63, 3.8) is 0 Å². The van der Waals surface area contributed by atoms with Crippen molar-refractivity contribution in [2.45, 2.75) is 75.1 Å². The molecule has 10 nitrogen and oxygen atoms in total. The standard InChI is InChI=1S/C37H43FN6O4/c1-2-23-6-3-7-24-14-26(45)15-28(30(23)24)32-31(38)33-29(17-39-32)34-41-35(40-33)48-22-37-9-4-11-44(37)19-27(16-37)47-13-5-12-46-21-36-10-8-25(42-36)18-43(34)20-36/h3,6-7,14-15,17,25,27,42,45H,2,4-5,8-13,16,18-22H2,1H3/t25-,27+,36+,37+/m0/s1. The minimum absolute atomic E-state index is 0.0615. The van der Waals surface area contributed by atoms with Crippen molar-refractivity contribution >= 4 is 27.5 Å². The second kappa shape index (κ2) is 11.8. The molecule has 9 rings (SSSR count). The Labute approximate surface area is 279 Å². The number of piperazine rings is 1. The minimum Gasteiger partial charge on any atom is -0.508 e. The summed E-state index contributed by atoms with van der Waals surface area (Å²) in [6.45, 7) is 7.74. The van der Waals surface area contributed by atoms with Crippen molar-refractivity contribution in [2.24, 2.45) is 0 Å². The maximum Gasteiger partial charge on any atom is 0.319 e. The third kappa shape index (κ3) is 5.09. The molecule has 4 aromatic rings. The first-order chi connectivity index (χ1) is 23.4. The summed E-state index contributed by atoms with van der Waals surface area (Å²) < 4.78 is 36.2. The van der Waals surface area contributed by atoms with E-state index in [1.807, 2.05) is 18.2 Å². The van der Waals surface area contributed by atoms with Crippen LogP contribution in [0.1, 0.15) is 51.0 Å². The maximum atomic E-state index is 17.1. The molecule has 0 unspecified atom stereocenters. The second-order valence-corrected chi connectivity index (χ2v) is 14.6. The van der Waals surface area contributed by atoms with Crippen LogP contribution in [-0.2, 0) is 15.9 Å². The van der Waals surface area contributed by atoms with Crippen molar-refractivity contribution in [2.75, 3.05) is 57.5 Å². The minimum atomic E-state index is -0.546. The van der Waals surface area contributed by atoms with Gasteiger partial charge in [0.2, 0.25) is 0 Å². The molecule has 2 aromatic heterocycles. The summed E-state index contributed by atoms with van der Waals surface area (Å²) in [5.74, 6) is 0.153. The summed E-state index contributed by atoms with van der Waals surface area (Å²) in [6, 6.07) is 9.71. The first-order valence-corrected chi connectivity index (χ1v) is 17.6. The number of phenols is 1. The first-order valence-electron chi connectivity index (χ1n) is 17.6. The average Bonchev–Trinajstić information content (AvgIpc) is 3.73. The summed E-state index contributed by atoms with van der Waals surface area (Å²) in [7, 11) is 0. The number of nitrogens with one attached hydrogen (secondary N) is 1. The average molecular weight is 655 g/mol. The van der Waals surface area contributed by atoms with Gasteiger partial charge in [-0.15, -0.1) is 0 Å². The highest BCUT2D eigenvalue weighted by Gasteiger charge is 2.50. The van der Waals surface area contributed by atoms with Gasteiger partial charge < -0.3 is 29.5 Å². The molecule has 0 saturated carbocycles. The zero-order valence-corrected chi connectivity index (χ0v) is 27.5. The smallest absolute Gasteiger partial charge is 0.319 e. The predicted molar refractivity (Wildman–Crippen MR) is 181 cm³/mol. The van der Waals surface area contributed by atoms with Crippen LogP contribution in [0.25, 0.3) is 32.9 Å². The van der Waals surface area contributed by atoms with Crippen LogP contribution >= 0.6 is 0 Å². The zero-order valence-electron chi connectivity index (χ0n) is 27.5. The Morgan fingerprint density at radius 2 is 2.04 bits per heavy atom.